The minimum Gasteiger partial charge on any atom is -0.464 e. The molecule has 0 spiro atoms. The molecule has 66 heavy (non-hydrogen) atoms. The summed E-state index contributed by atoms with van der Waals surface area (Å²) in [6.45, 7) is 8.67. The van der Waals surface area contributed by atoms with E-state index in [1.165, 1.54) is 32.7 Å². The Morgan fingerprint density at radius 3 is 1.82 bits per heavy atom. The maximum absolute atomic E-state index is 13.7. The molecule has 2 aliphatic rings. The number of nitrogens with one attached hydrogen (secondary N) is 5. The maximum atomic E-state index is 13.7. The van der Waals surface area contributed by atoms with Crippen molar-refractivity contribution < 1.29 is 38.2 Å². The summed E-state index contributed by atoms with van der Waals surface area (Å²) in [6.07, 6.45) is 5.44. The Morgan fingerprint density at radius 1 is 0.712 bits per heavy atom. The number of benzene rings is 2. The topological polar surface area (TPSA) is 217 Å². The van der Waals surface area contributed by atoms with Crippen molar-refractivity contribution in [2.24, 2.45) is 11.8 Å². The van der Waals surface area contributed by atoms with Gasteiger partial charge in [0.2, 0.25) is 11.8 Å². The second-order valence-electron chi connectivity index (χ2n) is 17.3. The summed E-state index contributed by atoms with van der Waals surface area (Å²) in [5.41, 5.74) is 7.92. The Balaban J connectivity index is 0.999. The highest BCUT2D eigenvalue weighted by atomic mass is 32.1. The van der Waals surface area contributed by atoms with Crippen LogP contribution in [0.5, 0.6) is 0 Å². The number of hydrogen-bond acceptors (Lipinski definition) is 11. The van der Waals surface area contributed by atoms with Crippen molar-refractivity contribution in [2.75, 3.05) is 34.4 Å². The lowest BCUT2D eigenvalue weighted by Gasteiger charge is -2.30. The Morgan fingerprint density at radius 2 is 1.26 bits per heavy atom. The number of imidazole rings is 2. The first-order valence-corrected chi connectivity index (χ1v) is 23.0. The highest BCUT2D eigenvalue weighted by molar-refractivity contribution is 7.18. The van der Waals surface area contributed by atoms with Crippen molar-refractivity contribution in [3.8, 4) is 44.8 Å². The number of aromatic nitrogens is 5. The zero-order chi connectivity index (χ0) is 46.8. The van der Waals surface area contributed by atoms with Crippen LogP contribution in [0.25, 0.3) is 55.0 Å². The summed E-state index contributed by atoms with van der Waals surface area (Å²) in [4.78, 5) is 87.9. The van der Waals surface area contributed by atoms with Gasteiger partial charge in [0.05, 0.1) is 61.2 Å². The number of carbonyl (C=O) groups is 5. The van der Waals surface area contributed by atoms with Gasteiger partial charge >= 0.3 is 18.2 Å². The Kier molecular flexibility index (Phi) is 13.3. The molecule has 8 rings (SSSR count). The Bertz CT molecular complexity index is 2730. The van der Waals surface area contributed by atoms with Crippen LogP contribution >= 0.6 is 11.3 Å². The molecule has 0 radical (unpaired) electrons. The molecule has 17 nitrogen and oxygen atoms in total. The summed E-state index contributed by atoms with van der Waals surface area (Å²) >= 11 is 1.54. The molecule has 6 aromatic rings. The normalized spacial score (nSPS) is 17.0. The standard InChI is InChI=1S/C48H55N9O8S/c1-25(2)37(54-47(61)64-6)44(58)56-20-8-10-34(56)42-49-22-32(51-42)28-14-12-27(13-15-28)31-24-66-41-36(40(46(60)63-5)53-39(31)41)30-18-16-29(17-19-30)33-23-50-43(52-33)35-11-9-21-57(35)45(59)38(26(3)4)55-48(62)65-7/h12-19,22-26,34-35,37-38,53H,8-11,20-21H2,1-7H3,(H,49,51)(H,50,52)(H,54,61)(H,55,62)/t34-,35-,37-,38-/m0/s1. The molecule has 5 N–H and O–H groups in total. The van der Waals surface area contributed by atoms with Gasteiger partial charge in [-0.1, -0.05) is 76.2 Å². The molecule has 2 aliphatic heterocycles. The van der Waals surface area contributed by atoms with E-state index in [2.05, 4.69) is 31.0 Å². The third-order valence-electron chi connectivity index (χ3n) is 12.6. The molecule has 4 aromatic heterocycles. The Hall–Kier alpha value is -6.95. The number of H-pyrrole nitrogens is 3. The lowest BCUT2D eigenvalue weighted by atomic mass is 10.0. The smallest absolute Gasteiger partial charge is 0.407 e. The van der Waals surface area contributed by atoms with E-state index < -0.39 is 30.2 Å². The van der Waals surface area contributed by atoms with E-state index in [0.717, 1.165) is 80.7 Å². The summed E-state index contributed by atoms with van der Waals surface area (Å²) in [7, 11) is 3.92. The fourth-order valence-corrected chi connectivity index (χ4v) is 10.1. The largest absolute Gasteiger partial charge is 0.464 e. The van der Waals surface area contributed by atoms with Crippen LogP contribution in [0.1, 0.15) is 87.6 Å². The minimum atomic E-state index is -0.726. The van der Waals surface area contributed by atoms with Gasteiger partial charge in [0.15, 0.2) is 0 Å². The van der Waals surface area contributed by atoms with Gasteiger partial charge in [-0.2, -0.15) is 0 Å². The van der Waals surface area contributed by atoms with Crippen molar-refractivity contribution >= 4 is 51.5 Å². The lowest BCUT2D eigenvalue weighted by molar-refractivity contribution is -0.136. The van der Waals surface area contributed by atoms with Crippen molar-refractivity contribution in [1.82, 2.24) is 45.4 Å². The third-order valence-corrected chi connectivity index (χ3v) is 13.6. The molecule has 4 atom stereocenters. The summed E-state index contributed by atoms with van der Waals surface area (Å²) in [6, 6.07) is 14.0. The summed E-state index contributed by atoms with van der Waals surface area (Å²) in [5, 5.41) is 7.46. The minimum absolute atomic E-state index is 0.131. The third kappa shape index (κ3) is 8.88. The second kappa shape index (κ2) is 19.3. The van der Waals surface area contributed by atoms with Gasteiger partial charge in [0.25, 0.3) is 0 Å². The number of nitrogens with zero attached hydrogens (tertiary/aromatic N) is 4. The first kappa shape index (κ1) is 45.6. The van der Waals surface area contributed by atoms with E-state index in [-0.39, 0.29) is 35.7 Å². The van der Waals surface area contributed by atoms with E-state index in [4.69, 9.17) is 24.2 Å². The van der Waals surface area contributed by atoms with Gasteiger partial charge in [-0.15, -0.1) is 11.3 Å². The zero-order valence-electron chi connectivity index (χ0n) is 38.0. The highest BCUT2D eigenvalue weighted by Crippen LogP contribution is 2.43. The number of likely N-dealkylation sites (tertiary alicyclic amines) is 2. The number of ether oxygens (including phenoxy) is 3. The average molecular weight is 918 g/mol. The molecule has 0 aliphatic carbocycles. The fourth-order valence-electron chi connectivity index (χ4n) is 9.04. The van der Waals surface area contributed by atoms with Crippen molar-refractivity contribution in [3.63, 3.8) is 0 Å². The monoisotopic (exact) mass is 917 g/mol. The van der Waals surface area contributed by atoms with E-state index >= 15 is 0 Å². The molecular weight excluding hydrogens is 863 g/mol. The average Bonchev–Trinajstić information content (AvgIpc) is 4.19. The Labute approximate surface area is 386 Å². The molecular formula is C48H55N9O8S. The number of aromatic amines is 3. The number of fused-ring (bicyclic) bond motifs is 1. The van der Waals surface area contributed by atoms with E-state index in [1.54, 1.807) is 16.0 Å². The van der Waals surface area contributed by atoms with Crippen LogP contribution in [0, 0.1) is 11.8 Å². The van der Waals surface area contributed by atoms with Gasteiger partial charge in [0, 0.05) is 41.4 Å². The van der Waals surface area contributed by atoms with Crippen molar-refractivity contribution in [1.29, 1.82) is 0 Å². The number of carbonyl (C=O) groups excluding carboxylic acids is 5. The van der Waals surface area contributed by atoms with E-state index in [9.17, 15) is 24.0 Å². The molecule has 0 saturated carbocycles. The number of hydrogen-bond donors (Lipinski definition) is 5. The molecule has 0 unspecified atom stereocenters. The van der Waals surface area contributed by atoms with Crippen LogP contribution in [0.3, 0.4) is 0 Å². The first-order chi connectivity index (χ1) is 31.8. The molecule has 18 heteroatoms. The van der Waals surface area contributed by atoms with Crippen molar-refractivity contribution in [3.05, 3.63) is 83.6 Å². The van der Waals surface area contributed by atoms with E-state index in [1.807, 2.05) is 82.4 Å². The summed E-state index contributed by atoms with van der Waals surface area (Å²) in [5.74, 6) is 0.272. The SMILES string of the molecule is COC(=O)N[C@H](C(=O)N1CCC[C@H]1c1nc(-c2ccc(-c3csc4c(-c5ccc(-c6cnc([C@@H]7CCCN7C(=O)[C@@H](NC(=O)OC)C(C)C)[nH]6)cc5)c(C(=O)OC)[nH]c34)cc2)c[nH]1)C(C)C. The molecule has 346 valence electrons. The molecule has 4 amide bonds. The first-order valence-electron chi connectivity index (χ1n) is 22.1. The van der Waals surface area contributed by atoms with Gasteiger partial charge in [0.1, 0.15) is 29.4 Å². The number of alkyl carbamates (subject to hydrolysis) is 2. The number of amides is 4. The van der Waals surface area contributed by atoms with Crippen LogP contribution in [0.15, 0.2) is 66.3 Å². The number of esters is 1. The molecule has 0 bridgehead atoms. The highest BCUT2D eigenvalue weighted by Gasteiger charge is 2.39. The van der Waals surface area contributed by atoms with Gasteiger partial charge in [-0.05, 0) is 54.2 Å². The fraction of sp³-hybridized carbons (Fsp3) is 0.396. The second-order valence-corrected chi connectivity index (χ2v) is 18.2. The van der Waals surface area contributed by atoms with Crippen LogP contribution in [-0.4, -0.2) is 111 Å². The number of thiophene rings is 1. The van der Waals surface area contributed by atoms with Gasteiger partial charge < -0.3 is 49.6 Å². The van der Waals surface area contributed by atoms with Crippen LogP contribution < -0.4 is 10.6 Å². The number of methoxy groups -OCH3 is 3. The van der Waals surface area contributed by atoms with Crippen LogP contribution in [-0.2, 0) is 23.8 Å². The lowest BCUT2D eigenvalue weighted by Crippen LogP contribution is -2.51. The predicted octanol–water partition coefficient (Wildman–Crippen LogP) is 8.22. The number of rotatable bonds is 13. The van der Waals surface area contributed by atoms with Gasteiger partial charge in [-0.3, -0.25) is 9.59 Å². The van der Waals surface area contributed by atoms with Crippen LogP contribution in [0.2, 0.25) is 0 Å². The van der Waals surface area contributed by atoms with Crippen molar-refractivity contribution in [2.45, 2.75) is 77.5 Å². The predicted molar refractivity (Wildman–Crippen MR) is 249 cm³/mol. The summed E-state index contributed by atoms with van der Waals surface area (Å²) < 4.78 is 15.7. The quantitative estimate of drug-likeness (QED) is 0.0552. The van der Waals surface area contributed by atoms with Crippen LogP contribution in [0.4, 0.5) is 9.59 Å². The maximum Gasteiger partial charge on any atom is 0.407 e. The molecule has 2 aromatic carbocycles. The van der Waals surface area contributed by atoms with Gasteiger partial charge in [-0.25, -0.2) is 24.4 Å². The zero-order valence-corrected chi connectivity index (χ0v) is 38.8. The van der Waals surface area contributed by atoms with E-state index in [0.29, 0.717) is 30.4 Å². The molecule has 2 saturated heterocycles. The molecule has 2 fully saturated rings. The molecule has 6 heterocycles.